The molecular weight excluding hydrogens is 179 g/mol. The number of allylic oxidation sites excluding steroid dienone is 2. The molecule has 0 spiro atoms. The molecule has 2 unspecified atom stereocenters. The lowest BCUT2D eigenvalue weighted by Crippen LogP contribution is -2.14. The van der Waals surface area contributed by atoms with Crippen LogP contribution < -0.4 is 0 Å². The van der Waals surface area contributed by atoms with Crippen molar-refractivity contribution in [2.24, 2.45) is 11.8 Å². The van der Waals surface area contributed by atoms with E-state index in [2.05, 4.69) is 0 Å². The molecule has 62 valence electrons. The first kappa shape index (κ1) is 7.94. The summed E-state index contributed by atoms with van der Waals surface area (Å²) in [6, 6.07) is 0. The van der Waals surface area contributed by atoms with Crippen LogP contribution in [0.25, 0.3) is 0 Å². The number of alkyl halides is 2. The third kappa shape index (κ3) is 1.11. The van der Waals surface area contributed by atoms with Gasteiger partial charge in [0.2, 0.25) is 0 Å². The van der Waals surface area contributed by atoms with Crippen molar-refractivity contribution in [3.63, 3.8) is 0 Å². The van der Waals surface area contributed by atoms with Gasteiger partial charge in [0.05, 0.1) is 0 Å². The minimum absolute atomic E-state index is 0.623. The van der Waals surface area contributed by atoms with Crippen LogP contribution in [-0.2, 0) is 0 Å². The van der Waals surface area contributed by atoms with E-state index in [-0.39, 0.29) is 0 Å². The highest BCUT2D eigenvalue weighted by Gasteiger charge is 2.37. The van der Waals surface area contributed by atoms with Crippen molar-refractivity contribution in [1.29, 1.82) is 0 Å². The average molecular weight is 191 g/mol. The van der Waals surface area contributed by atoms with Crippen molar-refractivity contribution in [2.45, 2.75) is 19.3 Å². The number of hydrogen-bond donors (Lipinski definition) is 0. The second kappa shape index (κ2) is 2.99. The largest absolute Gasteiger partial charge is 0.126 e. The minimum Gasteiger partial charge on any atom is -0.126 e. The summed E-state index contributed by atoms with van der Waals surface area (Å²) >= 11 is 11.7. The SMILES string of the molecule is ClCC1=C2CCC(C2)C1CCl. The maximum atomic E-state index is 5.88. The molecule has 0 aliphatic heterocycles. The number of fused-ring (bicyclic) bond motifs is 2. The predicted octanol–water partition coefficient (Wildman–Crippen LogP) is 3.19. The van der Waals surface area contributed by atoms with Gasteiger partial charge in [-0.1, -0.05) is 11.1 Å². The average Bonchev–Trinajstić information content (AvgIpc) is 2.60. The van der Waals surface area contributed by atoms with Gasteiger partial charge in [-0.05, 0) is 31.1 Å². The lowest BCUT2D eigenvalue weighted by molar-refractivity contribution is 0.439. The Morgan fingerprint density at radius 2 is 2.18 bits per heavy atom. The van der Waals surface area contributed by atoms with Crippen LogP contribution >= 0.6 is 23.2 Å². The van der Waals surface area contributed by atoms with Crippen LogP contribution in [-0.4, -0.2) is 11.8 Å². The zero-order valence-electron chi connectivity index (χ0n) is 6.45. The van der Waals surface area contributed by atoms with E-state index in [1.807, 2.05) is 0 Å². The second-order valence-electron chi connectivity index (χ2n) is 3.53. The van der Waals surface area contributed by atoms with Crippen molar-refractivity contribution >= 4 is 23.2 Å². The van der Waals surface area contributed by atoms with Crippen LogP contribution in [0.2, 0.25) is 0 Å². The van der Waals surface area contributed by atoms with E-state index in [1.165, 1.54) is 24.8 Å². The van der Waals surface area contributed by atoms with Gasteiger partial charge in [-0.3, -0.25) is 0 Å². The first-order chi connectivity index (χ1) is 5.36. The van der Waals surface area contributed by atoms with E-state index >= 15 is 0 Å². The Morgan fingerprint density at radius 1 is 1.36 bits per heavy atom. The quantitative estimate of drug-likeness (QED) is 0.464. The standard InChI is InChI=1S/C9H12Cl2/c10-4-8-6-1-2-7(3-6)9(8)5-11/h6,8H,1-5H2. The molecule has 0 saturated heterocycles. The van der Waals surface area contributed by atoms with Crippen LogP contribution in [0.1, 0.15) is 19.3 Å². The summed E-state index contributed by atoms with van der Waals surface area (Å²) in [4.78, 5) is 0. The molecule has 1 saturated carbocycles. The fourth-order valence-electron chi connectivity index (χ4n) is 2.47. The van der Waals surface area contributed by atoms with Gasteiger partial charge in [-0.2, -0.15) is 0 Å². The van der Waals surface area contributed by atoms with Crippen molar-refractivity contribution in [2.75, 3.05) is 11.8 Å². The Kier molecular flexibility index (Phi) is 2.16. The molecule has 0 amide bonds. The molecule has 2 atom stereocenters. The van der Waals surface area contributed by atoms with E-state index in [4.69, 9.17) is 23.2 Å². The summed E-state index contributed by atoms with van der Waals surface area (Å²) in [5.41, 5.74) is 3.09. The van der Waals surface area contributed by atoms with E-state index in [0.717, 1.165) is 11.8 Å². The first-order valence-electron chi connectivity index (χ1n) is 4.19. The lowest BCUT2D eigenvalue weighted by atomic mass is 9.89. The smallest absolute Gasteiger partial charge is 0.0439 e. The monoisotopic (exact) mass is 190 g/mol. The van der Waals surface area contributed by atoms with E-state index in [0.29, 0.717) is 11.8 Å². The molecule has 0 radical (unpaired) electrons. The number of halogens is 2. The summed E-state index contributed by atoms with van der Waals surface area (Å²) in [5, 5.41) is 0. The fraction of sp³-hybridized carbons (Fsp3) is 0.778. The molecule has 0 aromatic heterocycles. The van der Waals surface area contributed by atoms with Gasteiger partial charge in [0, 0.05) is 11.8 Å². The van der Waals surface area contributed by atoms with Crippen LogP contribution in [0.15, 0.2) is 11.1 Å². The van der Waals surface area contributed by atoms with Gasteiger partial charge in [0.1, 0.15) is 0 Å². The summed E-state index contributed by atoms with van der Waals surface area (Å²) in [6.45, 7) is 0. The highest BCUT2D eigenvalue weighted by Crippen LogP contribution is 2.48. The van der Waals surface area contributed by atoms with Crippen molar-refractivity contribution in [1.82, 2.24) is 0 Å². The summed E-state index contributed by atoms with van der Waals surface area (Å²) in [7, 11) is 0. The Labute approximate surface area is 77.6 Å². The van der Waals surface area contributed by atoms with E-state index in [9.17, 15) is 0 Å². The molecule has 0 N–H and O–H groups in total. The third-order valence-electron chi connectivity index (χ3n) is 3.11. The van der Waals surface area contributed by atoms with Crippen LogP contribution in [0.5, 0.6) is 0 Å². The van der Waals surface area contributed by atoms with Crippen molar-refractivity contribution < 1.29 is 0 Å². The van der Waals surface area contributed by atoms with E-state index in [1.54, 1.807) is 5.57 Å². The van der Waals surface area contributed by atoms with Gasteiger partial charge < -0.3 is 0 Å². The van der Waals surface area contributed by atoms with E-state index < -0.39 is 0 Å². The molecule has 2 aliphatic rings. The Bertz CT molecular complexity index is 196. The van der Waals surface area contributed by atoms with Crippen molar-refractivity contribution in [3.05, 3.63) is 11.1 Å². The molecule has 2 bridgehead atoms. The Balaban J connectivity index is 2.24. The molecule has 0 heterocycles. The summed E-state index contributed by atoms with van der Waals surface area (Å²) in [6.07, 6.45) is 3.94. The normalized spacial score (nSPS) is 35.5. The first-order valence-corrected chi connectivity index (χ1v) is 5.26. The summed E-state index contributed by atoms with van der Waals surface area (Å²) < 4.78 is 0. The maximum absolute atomic E-state index is 5.88. The third-order valence-corrected chi connectivity index (χ3v) is 3.73. The molecular formula is C9H12Cl2. The van der Waals surface area contributed by atoms with Crippen molar-refractivity contribution in [3.8, 4) is 0 Å². The zero-order valence-corrected chi connectivity index (χ0v) is 7.96. The molecule has 0 nitrogen and oxygen atoms in total. The predicted molar refractivity (Wildman–Crippen MR) is 49.3 cm³/mol. The lowest BCUT2D eigenvalue weighted by Gasteiger charge is -2.20. The Hall–Kier alpha value is 0.320. The van der Waals surface area contributed by atoms with Gasteiger partial charge in [0.25, 0.3) is 0 Å². The van der Waals surface area contributed by atoms with Crippen LogP contribution in [0.4, 0.5) is 0 Å². The minimum atomic E-state index is 0.623. The zero-order chi connectivity index (χ0) is 7.84. The van der Waals surface area contributed by atoms with Crippen LogP contribution in [0, 0.1) is 11.8 Å². The van der Waals surface area contributed by atoms with Gasteiger partial charge in [-0.25, -0.2) is 0 Å². The molecule has 1 fully saturated rings. The molecule has 2 heteroatoms. The van der Waals surface area contributed by atoms with Gasteiger partial charge in [-0.15, -0.1) is 23.2 Å². The molecule has 0 aromatic rings. The topological polar surface area (TPSA) is 0 Å². The summed E-state index contributed by atoms with van der Waals surface area (Å²) in [5.74, 6) is 2.95. The number of rotatable bonds is 2. The van der Waals surface area contributed by atoms with Gasteiger partial charge >= 0.3 is 0 Å². The highest BCUT2D eigenvalue weighted by atomic mass is 35.5. The van der Waals surface area contributed by atoms with Gasteiger partial charge in [0.15, 0.2) is 0 Å². The molecule has 2 rings (SSSR count). The molecule has 2 aliphatic carbocycles. The highest BCUT2D eigenvalue weighted by molar-refractivity contribution is 6.20. The second-order valence-corrected chi connectivity index (χ2v) is 4.10. The van der Waals surface area contributed by atoms with Crippen LogP contribution in [0.3, 0.4) is 0 Å². The maximum Gasteiger partial charge on any atom is 0.0439 e. The molecule has 0 aromatic carbocycles. The molecule has 11 heavy (non-hydrogen) atoms. The number of hydrogen-bond acceptors (Lipinski definition) is 0. The Morgan fingerprint density at radius 3 is 2.73 bits per heavy atom. The fourth-order valence-corrected chi connectivity index (χ4v) is 3.30.